The maximum absolute atomic E-state index is 12.5. The van der Waals surface area contributed by atoms with Crippen LogP contribution in [0.25, 0.3) is 0 Å². The summed E-state index contributed by atoms with van der Waals surface area (Å²) in [5, 5.41) is 11.7. The van der Waals surface area contributed by atoms with Gasteiger partial charge < -0.3 is 30.5 Å². The number of fused-ring (bicyclic) bond motifs is 1. The Kier molecular flexibility index (Phi) is 8.86. The Hall–Kier alpha value is -4.25. The number of thioether (sulfide) groups is 1. The second kappa shape index (κ2) is 12.7. The van der Waals surface area contributed by atoms with E-state index in [0.717, 1.165) is 35.5 Å². The molecular formula is C31H37N7O3S. The van der Waals surface area contributed by atoms with Crippen LogP contribution in [0.5, 0.6) is 5.75 Å². The molecule has 2 aromatic carbocycles. The van der Waals surface area contributed by atoms with Crippen molar-refractivity contribution in [2.24, 2.45) is 15.9 Å². The first-order valence-corrected chi connectivity index (χ1v) is 14.9. The molecule has 10 nitrogen and oxygen atoms in total. The van der Waals surface area contributed by atoms with E-state index >= 15 is 0 Å². The number of carbonyl (C=O) groups is 2. The first-order valence-electron chi connectivity index (χ1n) is 14.0. The van der Waals surface area contributed by atoms with Crippen LogP contribution in [0, 0.1) is 5.92 Å². The number of ether oxygens (including phenoxy) is 1. The number of benzene rings is 2. The van der Waals surface area contributed by atoms with E-state index in [9.17, 15) is 9.59 Å². The smallest absolute Gasteiger partial charge is 0.247 e. The minimum Gasteiger partial charge on any atom is -0.494 e. The van der Waals surface area contributed by atoms with E-state index in [4.69, 9.17) is 14.7 Å². The lowest BCUT2D eigenvalue weighted by molar-refractivity contribution is -0.133. The molecule has 5 rings (SSSR count). The number of carbonyl (C=O) groups excluding carboxylic acids is 2. The highest BCUT2D eigenvalue weighted by Crippen LogP contribution is 2.41. The molecule has 0 spiro atoms. The maximum Gasteiger partial charge on any atom is 0.247 e. The van der Waals surface area contributed by atoms with Crippen LogP contribution < -0.4 is 25.6 Å². The van der Waals surface area contributed by atoms with Crippen LogP contribution in [0.2, 0.25) is 0 Å². The summed E-state index contributed by atoms with van der Waals surface area (Å²) >= 11 is 1.71. The predicted octanol–water partition coefficient (Wildman–Crippen LogP) is 4.76. The third-order valence-corrected chi connectivity index (χ3v) is 8.77. The summed E-state index contributed by atoms with van der Waals surface area (Å²) in [7, 11) is 7.10. The zero-order valence-corrected chi connectivity index (χ0v) is 25.2. The van der Waals surface area contributed by atoms with Crippen LogP contribution in [0.4, 0.5) is 22.7 Å². The summed E-state index contributed by atoms with van der Waals surface area (Å²) in [6, 6.07) is 11.9. The monoisotopic (exact) mass is 587 g/mol. The van der Waals surface area contributed by atoms with Gasteiger partial charge in [-0.05, 0) is 54.2 Å². The molecule has 3 aliphatic rings. The van der Waals surface area contributed by atoms with Gasteiger partial charge in [0.25, 0.3) is 0 Å². The van der Waals surface area contributed by atoms with Crippen LogP contribution in [-0.2, 0) is 9.59 Å². The van der Waals surface area contributed by atoms with Crippen molar-refractivity contribution >= 4 is 58.0 Å². The fourth-order valence-electron chi connectivity index (χ4n) is 5.47. The molecule has 3 aliphatic heterocycles. The molecule has 0 bridgehead atoms. The molecule has 3 N–H and O–H groups in total. The van der Waals surface area contributed by atoms with Crippen molar-refractivity contribution < 1.29 is 14.3 Å². The first kappa shape index (κ1) is 29.2. The van der Waals surface area contributed by atoms with Gasteiger partial charge in [-0.3, -0.25) is 9.59 Å². The zero-order valence-electron chi connectivity index (χ0n) is 24.4. The number of amides is 2. The molecule has 0 radical (unpaired) electrons. The fourth-order valence-corrected chi connectivity index (χ4v) is 6.49. The minimum absolute atomic E-state index is 0.0119. The molecule has 0 aromatic heterocycles. The van der Waals surface area contributed by atoms with Crippen LogP contribution in [0.1, 0.15) is 24.4 Å². The Morgan fingerprint density at radius 3 is 2.64 bits per heavy atom. The highest BCUT2D eigenvalue weighted by atomic mass is 32.2. The van der Waals surface area contributed by atoms with Crippen LogP contribution >= 0.6 is 11.8 Å². The molecule has 1 fully saturated rings. The maximum atomic E-state index is 12.5. The molecule has 11 heteroatoms. The van der Waals surface area contributed by atoms with Gasteiger partial charge in [0.1, 0.15) is 5.75 Å². The number of methoxy groups -OCH3 is 1. The lowest BCUT2D eigenvalue weighted by Crippen LogP contribution is -2.40. The first-order chi connectivity index (χ1) is 20.3. The number of nitrogens with one attached hydrogen (secondary N) is 3. The number of allylic oxidation sites excluding steroid dienone is 1. The Bertz CT molecular complexity index is 1460. The molecule has 0 saturated carbocycles. The van der Waals surface area contributed by atoms with Gasteiger partial charge >= 0.3 is 0 Å². The van der Waals surface area contributed by atoms with Gasteiger partial charge in [-0.25, -0.2) is 9.98 Å². The number of aliphatic imine (C=N–C) groups is 2. The Balaban J connectivity index is 1.46. The van der Waals surface area contributed by atoms with E-state index in [1.807, 2.05) is 37.4 Å². The van der Waals surface area contributed by atoms with Crippen LogP contribution in [0.15, 0.2) is 70.5 Å². The molecule has 1 saturated heterocycles. The SMILES string of the molecule is C=CC(=O)Nc1cc(NC2=NC(c3cccc(NC)c3)C3SC=CC3=N2)c(OC)cc1N1CCC(C(=O)N(C)C)CC1. The highest BCUT2D eigenvalue weighted by molar-refractivity contribution is 8.04. The summed E-state index contributed by atoms with van der Waals surface area (Å²) in [6.45, 7) is 4.97. The zero-order chi connectivity index (χ0) is 29.8. The number of nitrogens with zero attached hydrogens (tertiary/aromatic N) is 4. The van der Waals surface area contributed by atoms with Crippen molar-refractivity contribution in [1.29, 1.82) is 0 Å². The molecule has 2 unspecified atom stereocenters. The quantitative estimate of drug-likeness (QED) is 0.382. The number of piperidine rings is 1. The largest absolute Gasteiger partial charge is 0.494 e. The number of guanidine groups is 1. The highest BCUT2D eigenvalue weighted by Gasteiger charge is 2.34. The molecule has 0 aliphatic carbocycles. The average Bonchev–Trinajstić information content (AvgIpc) is 3.49. The number of hydrogen-bond donors (Lipinski definition) is 3. The van der Waals surface area contributed by atoms with Crippen molar-refractivity contribution in [3.63, 3.8) is 0 Å². The van der Waals surface area contributed by atoms with Gasteiger partial charge in [0.2, 0.25) is 17.8 Å². The Morgan fingerprint density at radius 1 is 1.17 bits per heavy atom. The van der Waals surface area contributed by atoms with Crippen LogP contribution in [0.3, 0.4) is 0 Å². The molecular weight excluding hydrogens is 550 g/mol. The van der Waals surface area contributed by atoms with Crippen molar-refractivity contribution in [1.82, 2.24) is 4.90 Å². The van der Waals surface area contributed by atoms with Crippen molar-refractivity contribution in [3.8, 4) is 5.75 Å². The summed E-state index contributed by atoms with van der Waals surface area (Å²) in [4.78, 5) is 38.7. The molecule has 2 aromatic rings. The second-order valence-corrected chi connectivity index (χ2v) is 11.6. The van der Waals surface area contributed by atoms with Crippen molar-refractivity contribution in [3.05, 3.63) is 66.1 Å². The molecule has 220 valence electrons. The average molecular weight is 588 g/mol. The van der Waals surface area contributed by atoms with Crippen LogP contribution in [-0.4, -0.2) is 75.0 Å². The van der Waals surface area contributed by atoms with E-state index < -0.39 is 0 Å². The Labute approximate surface area is 251 Å². The van der Waals surface area contributed by atoms with Gasteiger partial charge in [-0.1, -0.05) is 18.7 Å². The third kappa shape index (κ3) is 6.15. The van der Waals surface area contributed by atoms with Gasteiger partial charge in [-0.2, -0.15) is 0 Å². The molecule has 3 heterocycles. The molecule has 2 atom stereocenters. The van der Waals surface area contributed by atoms with Crippen molar-refractivity contribution in [2.75, 3.05) is 62.2 Å². The second-order valence-electron chi connectivity index (χ2n) is 10.6. The third-order valence-electron chi connectivity index (χ3n) is 7.69. The minimum atomic E-state index is -0.319. The summed E-state index contributed by atoms with van der Waals surface area (Å²) in [6.07, 6.45) is 4.73. The van der Waals surface area contributed by atoms with E-state index in [1.54, 1.807) is 37.9 Å². The topological polar surface area (TPSA) is 111 Å². The van der Waals surface area contributed by atoms with E-state index in [2.05, 4.69) is 45.0 Å². The van der Waals surface area contributed by atoms with Gasteiger partial charge in [0.05, 0.1) is 41.2 Å². The van der Waals surface area contributed by atoms with E-state index in [-0.39, 0.29) is 29.0 Å². The van der Waals surface area contributed by atoms with Gasteiger partial charge in [-0.15, -0.1) is 11.8 Å². The number of anilines is 4. The van der Waals surface area contributed by atoms with Gasteiger partial charge in [0.15, 0.2) is 0 Å². The molecule has 42 heavy (non-hydrogen) atoms. The number of hydrogen-bond acceptors (Lipinski definition) is 9. The predicted molar refractivity (Wildman–Crippen MR) is 173 cm³/mol. The lowest BCUT2D eigenvalue weighted by atomic mass is 9.95. The van der Waals surface area contributed by atoms with E-state index in [1.165, 1.54) is 6.08 Å². The normalized spacial score (nSPS) is 19.8. The van der Waals surface area contributed by atoms with Gasteiger partial charge in [0, 0.05) is 51.9 Å². The lowest BCUT2D eigenvalue weighted by Gasteiger charge is -2.35. The van der Waals surface area contributed by atoms with Crippen molar-refractivity contribution in [2.45, 2.75) is 24.1 Å². The summed E-state index contributed by atoms with van der Waals surface area (Å²) < 4.78 is 5.81. The standard InChI is InChI=1S/C31H37N7O3S/c1-6-27(39)33-23-17-24(26(41-5)18-25(23)38-13-10-19(11-14-38)30(40)37(3)4)35-31-34-22-12-15-42-29(22)28(36-31)20-8-7-9-21(16-20)32-2/h6-9,12,15-19,28-29,32H,1,10-11,13-14H2,2-5H3,(H,33,39)(H,35,36). The summed E-state index contributed by atoms with van der Waals surface area (Å²) in [5.74, 6) is 0.866. The molecule has 2 amide bonds. The Morgan fingerprint density at radius 2 is 1.95 bits per heavy atom. The summed E-state index contributed by atoms with van der Waals surface area (Å²) in [5.41, 5.74) is 5.11. The number of rotatable bonds is 8. The van der Waals surface area contributed by atoms with E-state index in [0.29, 0.717) is 36.2 Å². The fraction of sp³-hybridized carbons (Fsp3) is 0.355.